The summed E-state index contributed by atoms with van der Waals surface area (Å²) >= 11 is 0. The molecule has 4 rings (SSSR count). The summed E-state index contributed by atoms with van der Waals surface area (Å²) in [7, 11) is 4.67. The lowest BCUT2D eigenvalue weighted by Gasteiger charge is -2.11. The first-order valence-corrected chi connectivity index (χ1v) is 10.4. The zero-order valence-electron chi connectivity index (χ0n) is 18.9. The Hall–Kier alpha value is -4.59. The van der Waals surface area contributed by atoms with E-state index in [1.54, 1.807) is 82.1 Å². The van der Waals surface area contributed by atoms with E-state index in [1.165, 1.54) is 0 Å². The predicted molar refractivity (Wildman–Crippen MR) is 128 cm³/mol. The van der Waals surface area contributed by atoms with Gasteiger partial charge >= 0.3 is 0 Å². The highest BCUT2D eigenvalue weighted by molar-refractivity contribution is 6.05. The van der Waals surface area contributed by atoms with E-state index in [0.717, 1.165) is 0 Å². The highest BCUT2D eigenvalue weighted by atomic mass is 16.5. The molecule has 0 bridgehead atoms. The molecule has 0 spiro atoms. The minimum absolute atomic E-state index is 0.282. The molecule has 0 aliphatic heterocycles. The number of rotatable bonds is 8. The van der Waals surface area contributed by atoms with Crippen LogP contribution >= 0.6 is 0 Å². The lowest BCUT2D eigenvalue weighted by Crippen LogP contribution is -2.12. The number of nitrogens with one attached hydrogen (secondary N) is 1. The summed E-state index contributed by atoms with van der Waals surface area (Å²) in [6, 6.07) is 21.2. The van der Waals surface area contributed by atoms with Gasteiger partial charge in [0.2, 0.25) is 5.88 Å². The summed E-state index contributed by atoms with van der Waals surface area (Å²) in [5.41, 5.74) is 1.70. The Labute approximate surface area is 197 Å². The average Bonchev–Trinajstić information content (AvgIpc) is 2.89. The van der Waals surface area contributed by atoms with Crippen molar-refractivity contribution < 1.29 is 23.7 Å². The monoisotopic (exact) mass is 457 g/mol. The van der Waals surface area contributed by atoms with Crippen LogP contribution in [-0.2, 0) is 0 Å². The van der Waals surface area contributed by atoms with Crippen LogP contribution < -0.4 is 24.3 Å². The zero-order chi connectivity index (χ0) is 23.9. The van der Waals surface area contributed by atoms with Crippen molar-refractivity contribution in [1.82, 2.24) is 9.97 Å². The fourth-order valence-corrected chi connectivity index (χ4v) is 3.27. The second-order valence-electron chi connectivity index (χ2n) is 7.08. The van der Waals surface area contributed by atoms with Crippen molar-refractivity contribution in [2.24, 2.45) is 0 Å². The number of amides is 1. The van der Waals surface area contributed by atoms with Gasteiger partial charge in [-0.1, -0.05) is 24.3 Å². The maximum Gasteiger partial charge on any atom is 0.255 e. The number of para-hydroxylation sites is 2. The Balaban J connectivity index is 1.54. The Bertz CT molecular complexity index is 1310. The molecular formula is C26H23N3O5. The van der Waals surface area contributed by atoms with Crippen LogP contribution in [0.25, 0.3) is 11.4 Å². The third-order valence-electron chi connectivity index (χ3n) is 4.94. The molecule has 34 heavy (non-hydrogen) atoms. The van der Waals surface area contributed by atoms with Crippen LogP contribution in [0, 0.1) is 0 Å². The predicted octanol–water partition coefficient (Wildman–Crippen LogP) is 5.21. The van der Waals surface area contributed by atoms with Crippen molar-refractivity contribution in [3.8, 4) is 40.3 Å². The molecule has 0 unspecified atom stereocenters. The van der Waals surface area contributed by atoms with Crippen LogP contribution in [0.15, 0.2) is 79.0 Å². The maximum atomic E-state index is 12.9. The molecule has 0 saturated heterocycles. The number of hydrogen-bond acceptors (Lipinski definition) is 7. The highest BCUT2D eigenvalue weighted by Crippen LogP contribution is 2.31. The van der Waals surface area contributed by atoms with Gasteiger partial charge in [-0.3, -0.25) is 4.79 Å². The van der Waals surface area contributed by atoms with E-state index < -0.39 is 0 Å². The van der Waals surface area contributed by atoms with Crippen molar-refractivity contribution in [3.63, 3.8) is 0 Å². The molecule has 0 radical (unpaired) electrons. The van der Waals surface area contributed by atoms with Crippen LogP contribution in [0.2, 0.25) is 0 Å². The SMILES string of the molecule is COc1ccc(NC(=O)c2cccc(-c3nccc(Oc4ccccc4OC)n3)c2)cc1OC. The van der Waals surface area contributed by atoms with Gasteiger partial charge in [-0.25, -0.2) is 4.98 Å². The molecule has 0 fully saturated rings. The quantitative estimate of drug-likeness (QED) is 0.388. The third kappa shape index (κ3) is 5.07. The van der Waals surface area contributed by atoms with E-state index in [2.05, 4.69) is 15.3 Å². The second-order valence-corrected chi connectivity index (χ2v) is 7.08. The number of hydrogen-bond donors (Lipinski definition) is 1. The minimum atomic E-state index is -0.282. The highest BCUT2D eigenvalue weighted by Gasteiger charge is 2.12. The molecular weight excluding hydrogens is 434 g/mol. The lowest BCUT2D eigenvalue weighted by molar-refractivity contribution is 0.102. The lowest BCUT2D eigenvalue weighted by atomic mass is 10.1. The summed E-state index contributed by atoms with van der Waals surface area (Å²) in [6.45, 7) is 0. The molecule has 1 heterocycles. The number of benzene rings is 3. The van der Waals surface area contributed by atoms with Crippen LogP contribution in [0.1, 0.15) is 10.4 Å². The van der Waals surface area contributed by atoms with E-state index in [-0.39, 0.29) is 5.91 Å². The average molecular weight is 457 g/mol. The zero-order valence-corrected chi connectivity index (χ0v) is 18.9. The minimum Gasteiger partial charge on any atom is -0.493 e. The first kappa shape index (κ1) is 22.6. The summed E-state index contributed by atoms with van der Waals surface area (Å²) in [6.07, 6.45) is 1.60. The normalized spacial score (nSPS) is 10.3. The number of methoxy groups -OCH3 is 3. The number of carbonyl (C=O) groups excluding carboxylic acids is 1. The maximum absolute atomic E-state index is 12.9. The molecule has 0 atom stereocenters. The molecule has 1 aromatic heterocycles. The summed E-state index contributed by atoms with van der Waals surface area (Å²) in [5.74, 6) is 2.73. The first-order valence-electron chi connectivity index (χ1n) is 10.4. The molecule has 0 aliphatic rings. The molecule has 8 heteroatoms. The Kier molecular flexibility index (Phi) is 6.88. The number of ether oxygens (including phenoxy) is 4. The molecule has 8 nitrogen and oxygen atoms in total. The van der Waals surface area contributed by atoms with Gasteiger partial charge in [0.1, 0.15) is 0 Å². The summed E-state index contributed by atoms with van der Waals surface area (Å²) in [5, 5.41) is 2.87. The van der Waals surface area contributed by atoms with E-state index in [1.807, 2.05) is 18.2 Å². The van der Waals surface area contributed by atoms with Gasteiger partial charge < -0.3 is 24.3 Å². The molecule has 3 aromatic carbocycles. The van der Waals surface area contributed by atoms with Crippen LogP contribution in [0.5, 0.6) is 28.9 Å². The van der Waals surface area contributed by atoms with Gasteiger partial charge in [0.15, 0.2) is 28.8 Å². The van der Waals surface area contributed by atoms with E-state index in [0.29, 0.717) is 51.5 Å². The Morgan fingerprint density at radius 2 is 1.50 bits per heavy atom. The van der Waals surface area contributed by atoms with Crippen molar-refractivity contribution in [3.05, 3.63) is 84.6 Å². The van der Waals surface area contributed by atoms with Crippen LogP contribution in [0.4, 0.5) is 5.69 Å². The van der Waals surface area contributed by atoms with Gasteiger partial charge in [0.05, 0.1) is 21.3 Å². The van der Waals surface area contributed by atoms with Crippen molar-refractivity contribution >= 4 is 11.6 Å². The van der Waals surface area contributed by atoms with Crippen molar-refractivity contribution in [2.75, 3.05) is 26.6 Å². The van der Waals surface area contributed by atoms with Gasteiger partial charge in [0, 0.05) is 35.1 Å². The molecule has 0 saturated carbocycles. The van der Waals surface area contributed by atoms with Gasteiger partial charge in [-0.05, 0) is 36.4 Å². The van der Waals surface area contributed by atoms with Crippen molar-refractivity contribution in [1.29, 1.82) is 0 Å². The molecule has 0 aliphatic carbocycles. The summed E-state index contributed by atoms with van der Waals surface area (Å²) in [4.78, 5) is 21.7. The third-order valence-corrected chi connectivity index (χ3v) is 4.94. The molecule has 1 N–H and O–H groups in total. The summed E-state index contributed by atoms with van der Waals surface area (Å²) < 4.78 is 21.7. The number of nitrogens with zero attached hydrogens (tertiary/aromatic N) is 2. The first-order chi connectivity index (χ1) is 16.6. The van der Waals surface area contributed by atoms with E-state index in [9.17, 15) is 4.79 Å². The van der Waals surface area contributed by atoms with Crippen LogP contribution in [-0.4, -0.2) is 37.2 Å². The van der Waals surface area contributed by atoms with Gasteiger partial charge in [-0.2, -0.15) is 4.98 Å². The second kappa shape index (κ2) is 10.4. The van der Waals surface area contributed by atoms with Crippen molar-refractivity contribution in [2.45, 2.75) is 0 Å². The van der Waals surface area contributed by atoms with Crippen LogP contribution in [0.3, 0.4) is 0 Å². The topological polar surface area (TPSA) is 91.8 Å². The Morgan fingerprint density at radius 1 is 0.765 bits per heavy atom. The van der Waals surface area contributed by atoms with E-state index in [4.69, 9.17) is 18.9 Å². The fourth-order valence-electron chi connectivity index (χ4n) is 3.27. The molecule has 1 amide bonds. The molecule has 172 valence electrons. The standard InChI is InChI=1S/C26H23N3O5/c1-31-20-9-4-5-10-22(20)34-24-13-14-27-25(29-24)17-7-6-8-18(15-17)26(30)28-19-11-12-21(32-2)23(16-19)33-3/h4-16H,1-3H3,(H,28,30). The van der Waals surface area contributed by atoms with Gasteiger partial charge in [-0.15, -0.1) is 0 Å². The number of aromatic nitrogens is 2. The largest absolute Gasteiger partial charge is 0.493 e. The fraction of sp³-hybridized carbons (Fsp3) is 0.115. The number of carbonyl (C=O) groups is 1. The molecule has 4 aromatic rings. The van der Waals surface area contributed by atoms with Gasteiger partial charge in [0.25, 0.3) is 5.91 Å². The Morgan fingerprint density at radius 3 is 2.26 bits per heavy atom. The smallest absolute Gasteiger partial charge is 0.255 e. The van der Waals surface area contributed by atoms with E-state index >= 15 is 0 Å². The number of anilines is 1.